The van der Waals surface area contributed by atoms with E-state index in [4.69, 9.17) is 9.47 Å². The van der Waals surface area contributed by atoms with Crippen molar-refractivity contribution in [2.45, 2.75) is 13.5 Å². The Morgan fingerprint density at radius 2 is 1.84 bits per heavy atom. The molecule has 0 bridgehead atoms. The number of fused-ring (bicyclic) bond motifs is 1. The minimum Gasteiger partial charge on any atom is -0.486 e. The maximum absolute atomic E-state index is 13.9. The molecule has 1 aliphatic rings. The maximum Gasteiger partial charge on any atom is 0.258 e. The van der Waals surface area contributed by atoms with Gasteiger partial charge in [0.15, 0.2) is 11.5 Å². The van der Waals surface area contributed by atoms with Crippen LogP contribution in [0.3, 0.4) is 0 Å². The summed E-state index contributed by atoms with van der Waals surface area (Å²) >= 11 is 0. The molecule has 2 aromatic carbocycles. The van der Waals surface area contributed by atoms with E-state index < -0.39 is 11.7 Å². The number of aryl methyl sites for hydroxylation is 1. The van der Waals surface area contributed by atoms with Gasteiger partial charge in [0.2, 0.25) is 5.96 Å². The number of ether oxygens (including phenoxy) is 2. The first kappa shape index (κ1) is 20.3. The van der Waals surface area contributed by atoms with Crippen molar-refractivity contribution in [2.24, 2.45) is 4.99 Å². The lowest BCUT2D eigenvalue weighted by Gasteiger charge is -2.19. The number of nitrogens with one attached hydrogen (secondary N) is 2. The zero-order chi connectivity index (χ0) is 21.6. The van der Waals surface area contributed by atoms with Crippen LogP contribution < -0.4 is 20.1 Å². The summed E-state index contributed by atoms with van der Waals surface area (Å²) < 4.78 is 25.0. The summed E-state index contributed by atoms with van der Waals surface area (Å²) in [5, 5.41) is 5.82. The Bertz CT molecular complexity index is 1120. The first-order valence-electron chi connectivity index (χ1n) is 9.76. The fourth-order valence-electron chi connectivity index (χ4n) is 2.94. The highest BCUT2D eigenvalue weighted by molar-refractivity contribution is 6.10. The van der Waals surface area contributed by atoms with Crippen LogP contribution >= 0.6 is 0 Å². The van der Waals surface area contributed by atoms with Crippen LogP contribution in [0.4, 0.5) is 10.1 Å². The van der Waals surface area contributed by atoms with E-state index in [1.54, 1.807) is 49.6 Å². The molecule has 1 aromatic heterocycles. The fourth-order valence-corrected chi connectivity index (χ4v) is 2.94. The molecule has 0 radical (unpaired) electrons. The Morgan fingerprint density at radius 3 is 2.61 bits per heavy atom. The van der Waals surface area contributed by atoms with Gasteiger partial charge in [0, 0.05) is 29.7 Å². The fraction of sp³-hybridized carbons (Fsp3) is 0.174. The van der Waals surface area contributed by atoms with E-state index in [1.807, 2.05) is 12.1 Å². The SMILES string of the molecule is Cc1ccc(C(=O)NC(=NCc2ccncc2)Nc2ccc3c(c2)OCCO3)cc1F. The molecule has 1 amide bonds. The number of carbonyl (C=O) groups is 1. The van der Waals surface area contributed by atoms with Gasteiger partial charge in [-0.25, -0.2) is 9.38 Å². The molecule has 158 valence electrons. The van der Waals surface area contributed by atoms with Gasteiger partial charge in [-0.05, 0) is 54.4 Å². The third-order valence-corrected chi connectivity index (χ3v) is 4.64. The first-order valence-corrected chi connectivity index (χ1v) is 9.76. The third-order valence-electron chi connectivity index (χ3n) is 4.64. The smallest absolute Gasteiger partial charge is 0.258 e. The van der Waals surface area contributed by atoms with Crippen LogP contribution in [0.25, 0.3) is 0 Å². The largest absolute Gasteiger partial charge is 0.486 e. The predicted octanol–water partition coefficient (Wildman–Crippen LogP) is 3.70. The van der Waals surface area contributed by atoms with Crippen molar-refractivity contribution in [2.75, 3.05) is 18.5 Å². The molecule has 0 fully saturated rings. The van der Waals surface area contributed by atoms with Crippen molar-refractivity contribution in [3.8, 4) is 11.5 Å². The van der Waals surface area contributed by atoms with E-state index >= 15 is 0 Å². The van der Waals surface area contributed by atoms with Crippen molar-refractivity contribution >= 4 is 17.6 Å². The number of halogens is 1. The molecule has 8 heteroatoms. The van der Waals surface area contributed by atoms with Crippen molar-refractivity contribution in [3.05, 3.63) is 83.4 Å². The number of aromatic nitrogens is 1. The third kappa shape index (κ3) is 5.16. The molecule has 0 unspecified atom stereocenters. The molecule has 0 atom stereocenters. The van der Waals surface area contributed by atoms with Crippen LogP contribution in [-0.2, 0) is 6.54 Å². The van der Waals surface area contributed by atoms with Gasteiger partial charge in [0.25, 0.3) is 5.91 Å². The highest BCUT2D eigenvalue weighted by Crippen LogP contribution is 2.32. The van der Waals surface area contributed by atoms with Gasteiger partial charge in [0.05, 0.1) is 6.54 Å². The number of amides is 1. The Kier molecular flexibility index (Phi) is 6.07. The lowest BCUT2D eigenvalue weighted by Crippen LogP contribution is -2.36. The molecule has 0 spiro atoms. The minimum atomic E-state index is -0.475. The van der Waals surface area contributed by atoms with Gasteiger partial charge in [-0.3, -0.25) is 15.1 Å². The van der Waals surface area contributed by atoms with Crippen molar-refractivity contribution < 1.29 is 18.7 Å². The zero-order valence-electron chi connectivity index (χ0n) is 16.9. The molecule has 4 rings (SSSR count). The van der Waals surface area contributed by atoms with Gasteiger partial charge in [-0.15, -0.1) is 0 Å². The highest BCUT2D eigenvalue weighted by Gasteiger charge is 2.14. The lowest BCUT2D eigenvalue weighted by atomic mass is 10.1. The highest BCUT2D eigenvalue weighted by atomic mass is 19.1. The maximum atomic E-state index is 13.9. The Morgan fingerprint density at radius 1 is 1.06 bits per heavy atom. The summed E-state index contributed by atoms with van der Waals surface area (Å²) in [7, 11) is 0. The molecule has 2 N–H and O–H groups in total. The van der Waals surface area contributed by atoms with Crippen molar-refractivity contribution in [1.82, 2.24) is 10.3 Å². The van der Waals surface area contributed by atoms with E-state index in [9.17, 15) is 9.18 Å². The minimum absolute atomic E-state index is 0.198. The molecule has 0 aliphatic carbocycles. The van der Waals surface area contributed by atoms with E-state index in [2.05, 4.69) is 20.6 Å². The molecule has 1 aliphatic heterocycles. The summed E-state index contributed by atoms with van der Waals surface area (Å²) in [6.07, 6.45) is 3.35. The molecule has 7 nitrogen and oxygen atoms in total. The number of benzene rings is 2. The van der Waals surface area contributed by atoms with Gasteiger partial charge >= 0.3 is 0 Å². The normalized spacial score (nSPS) is 12.9. The first-order chi connectivity index (χ1) is 15.1. The second-order valence-corrected chi connectivity index (χ2v) is 6.92. The second kappa shape index (κ2) is 9.25. The summed E-state index contributed by atoms with van der Waals surface area (Å²) in [5.74, 6) is 0.572. The number of carbonyl (C=O) groups excluding carboxylic acids is 1. The van der Waals surface area contributed by atoms with Gasteiger partial charge in [-0.2, -0.15) is 0 Å². The van der Waals surface area contributed by atoms with E-state index in [0.717, 1.165) is 5.56 Å². The molecular formula is C23H21FN4O3. The van der Waals surface area contributed by atoms with E-state index in [0.29, 0.717) is 42.5 Å². The van der Waals surface area contributed by atoms with Crippen LogP contribution in [-0.4, -0.2) is 30.1 Å². The zero-order valence-corrected chi connectivity index (χ0v) is 16.9. The molecule has 3 aromatic rings. The number of anilines is 1. The van der Waals surface area contributed by atoms with E-state index in [-0.39, 0.29) is 11.5 Å². The summed E-state index contributed by atoms with van der Waals surface area (Å²) in [4.78, 5) is 21.2. The summed E-state index contributed by atoms with van der Waals surface area (Å²) in [6, 6.07) is 13.4. The molecule has 31 heavy (non-hydrogen) atoms. The number of nitrogens with zero attached hydrogens (tertiary/aromatic N) is 2. The number of aliphatic imine (C=N–C) groups is 1. The van der Waals surface area contributed by atoms with Gasteiger partial charge < -0.3 is 14.8 Å². The number of hydrogen-bond donors (Lipinski definition) is 2. The average molecular weight is 420 g/mol. The van der Waals surface area contributed by atoms with Crippen molar-refractivity contribution in [3.63, 3.8) is 0 Å². The molecule has 2 heterocycles. The Balaban J connectivity index is 1.56. The topological polar surface area (TPSA) is 84.8 Å². The second-order valence-electron chi connectivity index (χ2n) is 6.92. The van der Waals surface area contributed by atoms with Crippen LogP contribution in [0.15, 0.2) is 65.9 Å². The summed E-state index contributed by atoms with van der Waals surface area (Å²) in [5.41, 5.74) is 2.25. The molecular weight excluding hydrogens is 399 g/mol. The molecule has 0 saturated heterocycles. The van der Waals surface area contributed by atoms with Crippen LogP contribution in [0.5, 0.6) is 11.5 Å². The number of hydrogen-bond acceptors (Lipinski definition) is 5. The van der Waals surface area contributed by atoms with Gasteiger partial charge in [-0.1, -0.05) is 6.07 Å². The van der Waals surface area contributed by atoms with Gasteiger partial charge in [0.1, 0.15) is 19.0 Å². The number of pyridine rings is 1. The quantitative estimate of drug-likeness (QED) is 0.497. The number of rotatable bonds is 4. The van der Waals surface area contributed by atoms with Crippen molar-refractivity contribution in [1.29, 1.82) is 0 Å². The molecule has 0 saturated carbocycles. The lowest BCUT2D eigenvalue weighted by molar-refractivity contribution is 0.0976. The number of guanidine groups is 1. The average Bonchev–Trinajstić information content (AvgIpc) is 2.80. The Hall–Kier alpha value is -3.94. The monoisotopic (exact) mass is 420 g/mol. The predicted molar refractivity (Wildman–Crippen MR) is 115 cm³/mol. The van der Waals surface area contributed by atoms with Crippen LogP contribution in [0, 0.1) is 12.7 Å². The van der Waals surface area contributed by atoms with Crippen LogP contribution in [0.1, 0.15) is 21.5 Å². The Labute approximate surface area is 178 Å². The van der Waals surface area contributed by atoms with Crippen LogP contribution in [0.2, 0.25) is 0 Å². The standard InChI is InChI=1S/C23H21FN4O3/c1-15-2-3-17(12-19(15)24)22(29)28-23(26-14-16-6-8-25-9-7-16)27-18-4-5-20-21(13-18)31-11-10-30-20/h2-9,12-13H,10-11,14H2,1H3,(H2,26,27,28,29). The summed E-state index contributed by atoms with van der Waals surface area (Å²) in [6.45, 7) is 2.93. The van der Waals surface area contributed by atoms with E-state index in [1.165, 1.54) is 6.07 Å².